The van der Waals surface area contributed by atoms with Crippen LogP contribution in [0, 0.1) is 27.7 Å². The quantitative estimate of drug-likeness (QED) is 0.303. The Bertz CT molecular complexity index is 1440. The molecule has 0 spiro atoms. The molecule has 0 saturated heterocycles. The average molecular weight is 392 g/mol. The minimum Gasteiger partial charge on any atom is -0.344 e. The first-order valence-corrected chi connectivity index (χ1v) is 10.5. The van der Waals surface area contributed by atoms with Crippen LogP contribution in [0.3, 0.4) is 0 Å². The van der Waals surface area contributed by atoms with E-state index >= 15 is 0 Å². The number of rotatable bonds is 2. The fourth-order valence-electron chi connectivity index (χ4n) is 5.01. The molecule has 0 radical (unpaired) electrons. The Labute approximate surface area is 178 Å². The highest BCUT2D eigenvalue weighted by Gasteiger charge is 2.23. The van der Waals surface area contributed by atoms with Gasteiger partial charge in [-0.3, -0.25) is 0 Å². The zero-order valence-electron chi connectivity index (χ0n) is 18.3. The molecular weight excluding hydrogens is 364 g/mol. The topological polar surface area (TPSA) is 8.81 Å². The Hall–Kier alpha value is -3.39. The summed E-state index contributed by atoms with van der Waals surface area (Å²) in [5.74, 6) is 0. The number of para-hydroxylation sites is 1. The molecule has 0 N–H and O–H groups in total. The number of pyridine rings is 1. The molecule has 0 amide bonds. The van der Waals surface area contributed by atoms with E-state index in [0.29, 0.717) is 0 Å². The van der Waals surface area contributed by atoms with Gasteiger partial charge in [0.15, 0.2) is 11.9 Å². The van der Waals surface area contributed by atoms with Crippen molar-refractivity contribution in [1.29, 1.82) is 0 Å². The van der Waals surface area contributed by atoms with Crippen molar-refractivity contribution >= 4 is 21.7 Å². The third-order valence-electron chi connectivity index (χ3n) is 6.39. The maximum absolute atomic E-state index is 2.36. The van der Waals surface area contributed by atoms with Crippen molar-refractivity contribution in [2.75, 3.05) is 0 Å². The molecule has 0 saturated carbocycles. The standard InChI is InChI=1S/C28H27N2/c1-18-14-19(2)28(30-17-24-12-7-6-10-22(24)15-20(30)3)21(4)27(18)26-16-23-11-8-9-13-25(23)29(26)5/h6-17H,1-5H3/q+1. The van der Waals surface area contributed by atoms with Crippen LogP contribution in [0.2, 0.25) is 0 Å². The molecule has 0 aliphatic heterocycles. The van der Waals surface area contributed by atoms with E-state index in [9.17, 15) is 0 Å². The Kier molecular flexibility index (Phi) is 4.25. The summed E-state index contributed by atoms with van der Waals surface area (Å²) < 4.78 is 4.68. The van der Waals surface area contributed by atoms with Gasteiger partial charge < -0.3 is 4.57 Å². The molecular formula is C28H27N2+. The van der Waals surface area contributed by atoms with Crippen molar-refractivity contribution in [2.24, 2.45) is 7.05 Å². The second-order valence-electron chi connectivity index (χ2n) is 8.42. The molecule has 0 aliphatic rings. The van der Waals surface area contributed by atoms with Crippen LogP contribution < -0.4 is 4.57 Å². The van der Waals surface area contributed by atoms with Crippen LogP contribution in [-0.2, 0) is 7.05 Å². The summed E-state index contributed by atoms with van der Waals surface area (Å²) in [6.07, 6.45) is 2.28. The predicted molar refractivity (Wildman–Crippen MR) is 126 cm³/mol. The van der Waals surface area contributed by atoms with E-state index in [1.165, 1.54) is 61.0 Å². The molecule has 0 aliphatic carbocycles. The van der Waals surface area contributed by atoms with Gasteiger partial charge >= 0.3 is 0 Å². The minimum absolute atomic E-state index is 1.24. The number of benzene rings is 3. The minimum atomic E-state index is 1.24. The van der Waals surface area contributed by atoms with Gasteiger partial charge in [-0.2, -0.15) is 4.57 Å². The molecule has 2 nitrogen and oxygen atoms in total. The van der Waals surface area contributed by atoms with E-state index in [1.807, 2.05) is 0 Å². The largest absolute Gasteiger partial charge is 0.344 e. The highest BCUT2D eigenvalue weighted by Crippen LogP contribution is 2.35. The fraction of sp³-hybridized carbons (Fsp3) is 0.179. The van der Waals surface area contributed by atoms with Crippen molar-refractivity contribution in [3.05, 3.63) is 95.3 Å². The van der Waals surface area contributed by atoms with Crippen LogP contribution in [0.5, 0.6) is 0 Å². The highest BCUT2D eigenvalue weighted by molar-refractivity contribution is 5.89. The summed E-state index contributed by atoms with van der Waals surface area (Å²) in [6, 6.07) is 24.1. The van der Waals surface area contributed by atoms with Crippen molar-refractivity contribution in [1.82, 2.24) is 4.57 Å². The van der Waals surface area contributed by atoms with E-state index in [2.05, 4.69) is 117 Å². The molecule has 30 heavy (non-hydrogen) atoms. The zero-order chi connectivity index (χ0) is 21.0. The Morgan fingerprint density at radius 3 is 2.10 bits per heavy atom. The molecule has 0 bridgehead atoms. The van der Waals surface area contributed by atoms with E-state index in [0.717, 1.165) is 0 Å². The molecule has 148 valence electrons. The zero-order valence-corrected chi connectivity index (χ0v) is 18.3. The molecule has 2 heteroatoms. The SMILES string of the molecule is Cc1cc(C)c(-[n+]2cc3ccccc3cc2C)c(C)c1-c1cc2ccccc2n1C. The fourth-order valence-corrected chi connectivity index (χ4v) is 5.01. The Balaban J connectivity index is 1.81. The van der Waals surface area contributed by atoms with Gasteiger partial charge in [0, 0.05) is 58.7 Å². The molecule has 5 rings (SSSR count). The summed E-state index contributed by atoms with van der Waals surface area (Å²) in [4.78, 5) is 0. The lowest BCUT2D eigenvalue weighted by atomic mass is 9.94. The number of fused-ring (bicyclic) bond motifs is 2. The van der Waals surface area contributed by atoms with Crippen LogP contribution in [0.15, 0.2) is 72.9 Å². The number of hydrogen-bond acceptors (Lipinski definition) is 0. The van der Waals surface area contributed by atoms with E-state index in [4.69, 9.17) is 0 Å². The molecule has 0 unspecified atom stereocenters. The molecule has 3 aromatic carbocycles. The molecule has 0 fully saturated rings. The van der Waals surface area contributed by atoms with E-state index < -0.39 is 0 Å². The van der Waals surface area contributed by atoms with Gasteiger partial charge in [0.2, 0.25) is 5.69 Å². The smallest absolute Gasteiger partial charge is 0.217 e. The predicted octanol–water partition coefficient (Wildman–Crippen LogP) is 6.51. The van der Waals surface area contributed by atoms with Crippen molar-refractivity contribution in [3.63, 3.8) is 0 Å². The monoisotopic (exact) mass is 391 g/mol. The Morgan fingerprint density at radius 1 is 0.700 bits per heavy atom. The van der Waals surface area contributed by atoms with Crippen LogP contribution in [0.1, 0.15) is 22.4 Å². The molecule has 2 aromatic heterocycles. The number of hydrogen-bond donors (Lipinski definition) is 0. The third kappa shape index (κ3) is 2.75. The summed E-state index contributed by atoms with van der Waals surface area (Å²) in [5.41, 5.74) is 10.3. The maximum atomic E-state index is 2.36. The van der Waals surface area contributed by atoms with Gasteiger partial charge in [0.25, 0.3) is 0 Å². The van der Waals surface area contributed by atoms with Crippen LogP contribution in [0.25, 0.3) is 38.6 Å². The summed E-state index contributed by atoms with van der Waals surface area (Å²) >= 11 is 0. The van der Waals surface area contributed by atoms with Gasteiger partial charge in [0.1, 0.15) is 0 Å². The van der Waals surface area contributed by atoms with Crippen LogP contribution >= 0.6 is 0 Å². The lowest BCUT2D eigenvalue weighted by Gasteiger charge is -2.16. The average Bonchev–Trinajstić information content (AvgIpc) is 3.04. The lowest BCUT2D eigenvalue weighted by Crippen LogP contribution is -2.36. The molecule has 0 atom stereocenters. The molecule has 2 heterocycles. The number of nitrogens with zero attached hydrogens (tertiary/aromatic N) is 2. The van der Waals surface area contributed by atoms with Crippen LogP contribution in [0.4, 0.5) is 0 Å². The lowest BCUT2D eigenvalue weighted by molar-refractivity contribution is -0.602. The van der Waals surface area contributed by atoms with Gasteiger partial charge in [-0.15, -0.1) is 0 Å². The summed E-state index contributed by atoms with van der Waals surface area (Å²) in [7, 11) is 2.17. The van der Waals surface area contributed by atoms with Gasteiger partial charge in [-0.05, 0) is 56.0 Å². The van der Waals surface area contributed by atoms with Crippen molar-refractivity contribution < 1.29 is 4.57 Å². The number of aromatic nitrogens is 2. The Morgan fingerprint density at radius 2 is 1.37 bits per heavy atom. The van der Waals surface area contributed by atoms with Gasteiger partial charge in [-0.1, -0.05) is 36.4 Å². The third-order valence-corrected chi connectivity index (χ3v) is 6.39. The van der Waals surface area contributed by atoms with Gasteiger partial charge in [0.05, 0.1) is 0 Å². The first-order valence-electron chi connectivity index (χ1n) is 10.5. The first-order chi connectivity index (χ1) is 14.5. The normalized spacial score (nSPS) is 11.5. The van der Waals surface area contributed by atoms with Crippen LogP contribution in [-0.4, -0.2) is 4.57 Å². The highest BCUT2D eigenvalue weighted by atomic mass is 15.0. The second kappa shape index (κ2) is 6.84. The van der Waals surface area contributed by atoms with Gasteiger partial charge in [-0.25, -0.2) is 0 Å². The number of aryl methyl sites for hydroxylation is 4. The van der Waals surface area contributed by atoms with Crippen molar-refractivity contribution in [2.45, 2.75) is 27.7 Å². The van der Waals surface area contributed by atoms with E-state index in [-0.39, 0.29) is 0 Å². The second-order valence-corrected chi connectivity index (χ2v) is 8.42. The summed E-state index contributed by atoms with van der Waals surface area (Å²) in [6.45, 7) is 8.92. The molecule has 5 aromatic rings. The maximum Gasteiger partial charge on any atom is 0.217 e. The summed E-state index contributed by atoms with van der Waals surface area (Å²) in [5, 5.41) is 3.82. The van der Waals surface area contributed by atoms with E-state index in [1.54, 1.807) is 0 Å². The van der Waals surface area contributed by atoms with Crippen molar-refractivity contribution in [3.8, 4) is 16.9 Å². The first kappa shape index (κ1) is 18.6.